The van der Waals surface area contributed by atoms with E-state index in [-0.39, 0.29) is 0 Å². The van der Waals surface area contributed by atoms with Crippen LogP contribution in [0.2, 0.25) is 0 Å². The third-order valence-electron chi connectivity index (χ3n) is 6.95. The molecule has 2 aromatic heterocycles. The average Bonchev–Trinajstić information content (AvgIpc) is 3.45. The van der Waals surface area contributed by atoms with Crippen LogP contribution in [-0.2, 0) is 6.42 Å². The van der Waals surface area contributed by atoms with E-state index in [1.165, 1.54) is 10.8 Å². The monoisotopic (exact) mass is 448 g/mol. The van der Waals surface area contributed by atoms with Gasteiger partial charge in [0.25, 0.3) is 0 Å². The highest BCUT2D eigenvalue weighted by atomic mass is 16.3. The molecule has 5 aromatic carbocycles. The van der Waals surface area contributed by atoms with Crippen molar-refractivity contribution < 1.29 is 4.42 Å². The number of hydrogen-bond acceptors (Lipinski definition) is 2. The summed E-state index contributed by atoms with van der Waals surface area (Å²) in [5, 5.41) is 14.7. The second-order valence-electron chi connectivity index (χ2n) is 8.85. The van der Waals surface area contributed by atoms with Crippen molar-refractivity contribution in [2.24, 2.45) is 0 Å². The Labute approximate surface area is 202 Å². The first-order valence-corrected chi connectivity index (χ1v) is 11.7. The Morgan fingerprint density at radius 3 is 2.00 bits per heavy atom. The fourth-order valence-corrected chi connectivity index (χ4v) is 5.44. The minimum Gasteiger partial charge on any atom is -0.456 e. The fourth-order valence-electron chi connectivity index (χ4n) is 5.44. The molecule has 0 aliphatic carbocycles. The highest BCUT2D eigenvalue weighted by Gasteiger charge is 2.18. The highest BCUT2D eigenvalue weighted by molar-refractivity contribution is 6.09. The summed E-state index contributed by atoms with van der Waals surface area (Å²) >= 11 is 0. The van der Waals surface area contributed by atoms with Crippen molar-refractivity contribution in [2.45, 2.75) is 6.42 Å². The van der Waals surface area contributed by atoms with Crippen molar-refractivity contribution in [3.63, 3.8) is 0 Å². The molecule has 0 aliphatic heterocycles. The van der Waals surface area contributed by atoms with Gasteiger partial charge in [-0.25, -0.2) is 0 Å². The van der Waals surface area contributed by atoms with Crippen molar-refractivity contribution in [1.29, 1.82) is 5.26 Å². The van der Waals surface area contributed by atoms with Crippen LogP contribution in [0, 0.1) is 11.3 Å². The highest BCUT2D eigenvalue weighted by Crippen LogP contribution is 2.36. The molecule has 2 heterocycles. The molecule has 0 unspecified atom stereocenters. The van der Waals surface area contributed by atoms with Gasteiger partial charge in [0.1, 0.15) is 11.2 Å². The van der Waals surface area contributed by atoms with Crippen molar-refractivity contribution in [3.05, 3.63) is 126 Å². The lowest BCUT2D eigenvalue weighted by Gasteiger charge is -2.16. The zero-order valence-corrected chi connectivity index (χ0v) is 18.9. The summed E-state index contributed by atoms with van der Waals surface area (Å²) in [5.74, 6) is 0. The summed E-state index contributed by atoms with van der Waals surface area (Å²) in [7, 11) is 0. The first kappa shape index (κ1) is 19.6. The van der Waals surface area contributed by atoms with Crippen LogP contribution >= 0.6 is 0 Å². The molecule has 3 nitrogen and oxygen atoms in total. The largest absolute Gasteiger partial charge is 0.456 e. The molecule has 0 atom stereocenters. The lowest BCUT2D eigenvalue weighted by molar-refractivity contribution is 0.668. The van der Waals surface area contributed by atoms with Gasteiger partial charge >= 0.3 is 0 Å². The summed E-state index contributed by atoms with van der Waals surface area (Å²) < 4.78 is 8.43. The van der Waals surface area contributed by atoms with Crippen molar-refractivity contribution >= 4 is 43.7 Å². The zero-order valence-electron chi connectivity index (χ0n) is 18.9. The van der Waals surface area contributed by atoms with Gasteiger partial charge in [0.2, 0.25) is 0 Å². The Morgan fingerprint density at radius 2 is 1.26 bits per heavy atom. The molecule has 0 radical (unpaired) electrons. The van der Waals surface area contributed by atoms with E-state index < -0.39 is 0 Å². The zero-order chi connectivity index (χ0) is 23.4. The van der Waals surface area contributed by atoms with Crippen LogP contribution in [0.25, 0.3) is 49.4 Å². The van der Waals surface area contributed by atoms with Gasteiger partial charge in [-0.3, -0.25) is 0 Å². The van der Waals surface area contributed by atoms with Gasteiger partial charge in [0.05, 0.1) is 28.4 Å². The van der Waals surface area contributed by atoms with Crippen molar-refractivity contribution in [2.75, 3.05) is 0 Å². The molecule has 0 saturated heterocycles. The van der Waals surface area contributed by atoms with Crippen LogP contribution in [0.3, 0.4) is 0 Å². The number of nitrogens with zero attached hydrogens (tertiary/aromatic N) is 2. The second kappa shape index (κ2) is 7.62. The first-order chi connectivity index (χ1) is 17.3. The Bertz CT molecular complexity index is 1900. The summed E-state index contributed by atoms with van der Waals surface area (Å²) in [5.41, 5.74) is 7.91. The molecule has 7 rings (SSSR count). The Kier molecular flexibility index (Phi) is 4.27. The van der Waals surface area contributed by atoms with Crippen molar-refractivity contribution in [1.82, 2.24) is 4.57 Å². The van der Waals surface area contributed by atoms with E-state index in [0.717, 1.165) is 49.8 Å². The third kappa shape index (κ3) is 2.90. The summed E-state index contributed by atoms with van der Waals surface area (Å²) in [6.07, 6.45) is 0.626. The standard InChI is InChI=1S/C32H20N2O/c33-20-22-10-7-16-29(34-27-14-4-1-11-23(27)24-12-2-5-15-28(24)34)26(22)19-21-9-8-18-31-32(21)25-13-3-6-17-30(25)35-31/h1-18H,19H2. The Hall–Kier alpha value is -4.81. The number of para-hydroxylation sites is 3. The molecular weight excluding hydrogens is 428 g/mol. The second-order valence-corrected chi connectivity index (χ2v) is 8.85. The summed E-state index contributed by atoms with van der Waals surface area (Å²) in [6, 6.07) is 39.8. The fraction of sp³-hybridized carbons (Fsp3) is 0.0312. The number of fused-ring (bicyclic) bond motifs is 6. The summed E-state index contributed by atoms with van der Waals surface area (Å²) in [6.45, 7) is 0. The lowest BCUT2D eigenvalue weighted by atomic mass is 9.95. The molecule has 164 valence electrons. The molecule has 0 spiro atoms. The number of hydrogen-bond donors (Lipinski definition) is 0. The van der Waals surface area contributed by atoms with Crippen LogP contribution < -0.4 is 0 Å². The van der Waals surface area contributed by atoms with E-state index in [1.54, 1.807) is 0 Å². The van der Waals surface area contributed by atoms with Crippen LogP contribution in [0.15, 0.2) is 114 Å². The molecule has 0 saturated carbocycles. The predicted octanol–water partition coefficient (Wildman–Crippen LogP) is 8.15. The van der Waals surface area contributed by atoms with Crippen LogP contribution in [0.1, 0.15) is 16.7 Å². The maximum atomic E-state index is 10.1. The van der Waals surface area contributed by atoms with E-state index in [9.17, 15) is 5.26 Å². The molecular formula is C32H20N2O. The number of aromatic nitrogens is 1. The third-order valence-corrected chi connectivity index (χ3v) is 6.95. The first-order valence-electron chi connectivity index (χ1n) is 11.7. The van der Waals surface area contributed by atoms with Crippen LogP contribution in [-0.4, -0.2) is 4.57 Å². The molecule has 0 bridgehead atoms. The predicted molar refractivity (Wildman–Crippen MR) is 142 cm³/mol. The molecule has 35 heavy (non-hydrogen) atoms. The van der Waals surface area contributed by atoms with E-state index in [2.05, 4.69) is 77.4 Å². The number of rotatable bonds is 3. The van der Waals surface area contributed by atoms with Crippen molar-refractivity contribution in [3.8, 4) is 11.8 Å². The maximum absolute atomic E-state index is 10.1. The SMILES string of the molecule is N#Cc1cccc(-n2c3ccccc3c3ccccc32)c1Cc1cccc2oc3ccccc3c12. The normalized spacial score (nSPS) is 11.5. The van der Waals surface area contributed by atoms with Gasteiger partial charge < -0.3 is 8.98 Å². The Balaban J connectivity index is 1.53. The topological polar surface area (TPSA) is 41.9 Å². The smallest absolute Gasteiger partial charge is 0.135 e. The number of furan rings is 1. The number of nitriles is 1. The van der Waals surface area contributed by atoms with E-state index in [4.69, 9.17) is 4.42 Å². The van der Waals surface area contributed by atoms with E-state index in [0.29, 0.717) is 12.0 Å². The quantitative estimate of drug-likeness (QED) is 0.274. The van der Waals surface area contributed by atoms with Gasteiger partial charge in [-0.05, 0) is 47.5 Å². The van der Waals surface area contributed by atoms with Gasteiger partial charge in [0.15, 0.2) is 0 Å². The van der Waals surface area contributed by atoms with Gasteiger partial charge in [-0.2, -0.15) is 5.26 Å². The van der Waals surface area contributed by atoms with Gasteiger partial charge in [0, 0.05) is 28.0 Å². The molecule has 0 aliphatic rings. The molecule has 0 N–H and O–H groups in total. The van der Waals surface area contributed by atoms with E-state index >= 15 is 0 Å². The van der Waals surface area contributed by atoms with Crippen LogP contribution in [0.5, 0.6) is 0 Å². The molecule has 3 heteroatoms. The van der Waals surface area contributed by atoms with Gasteiger partial charge in [-0.15, -0.1) is 0 Å². The molecule has 7 aromatic rings. The molecule has 0 fully saturated rings. The molecule has 0 amide bonds. The Morgan fingerprint density at radius 1 is 0.629 bits per heavy atom. The minimum atomic E-state index is 0.626. The lowest BCUT2D eigenvalue weighted by Crippen LogP contribution is -2.03. The maximum Gasteiger partial charge on any atom is 0.135 e. The number of benzene rings is 5. The average molecular weight is 449 g/mol. The van der Waals surface area contributed by atoms with Crippen LogP contribution in [0.4, 0.5) is 0 Å². The summed E-state index contributed by atoms with van der Waals surface area (Å²) in [4.78, 5) is 0. The minimum absolute atomic E-state index is 0.626. The van der Waals surface area contributed by atoms with Gasteiger partial charge in [-0.1, -0.05) is 72.8 Å². The van der Waals surface area contributed by atoms with E-state index in [1.807, 2.05) is 42.5 Å².